The molecule has 0 aliphatic rings. The number of anilines is 1. The summed E-state index contributed by atoms with van der Waals surface area (Å²) in [6, 6.07) is 13.9. The Morgan fingerprint density at radius 2 is 1.95 bits per heavy atom. The van der Waals surface area contributed by atoms with Gasteiger partial charge in [-0.25, -0.2) is 0 Å². The number of hydrogen-bond donors (Lipinski definition) is 2. The van der Waals surface area contributed by atoms with Crippen molar-refractivity contribution in [2.75, 3.05) is 18.5 Å². The molecule has 0 fully saturated rings. The lowest BCUT2D eigenvalue weighted by atomic mass is 10.0. The fraction of sp³-hybridized carbons (Fsp3) is 0.312. The second-order valence-corrected chi connectivity index (χ2v) is 4.82. The Balaban J connectivity index is 2.27. The Bertz CT molecular complexity index is 601. The first-order chi connectivity index (χ1) is 9.26. The van der Waals surface area contributed by atoms with E-state index in [4.69, 9.17) is 10.4 Å². The number of aliphatic hydroxyl groups excluding tert-OH is 1. The molecule has 2 aromatic rings. The highest BCUT2D eigenvalue weighted by atomic mass is 16.3. The van der Waals surface area contributed by atoms with Gasteiger partial charge >= 0.3 is 0 Å². The molecule has 0 aliphatic carbocycles. The second-order valence-electron chi connectivity index (χ2n) is 4.82. The molecule has 1 unspecified atom stereocenters. The van der Waals surface area contributed by atoms with E-state index in [1.807, 2.05) is 36.4 Å². The average Bonchev–Trinajstić information content (AvgIpc) is 2.45. The van der Waals surface area contributed by atoms with Crippen LogP contribution in [-0.4, -0.2) is 18.3 Å². The predicted octanol–water partition coefficient (Wildman–Crippen LogP) is 3.14. The van der Waals surface area contributed by atoms with E-state index in [0.29, 0.717) is 11.5 Å². The number of nitrogens with one attached hydrogen (secondary N) is 1. The monoisotopic (exact) mass is 254 g/mol. The maximum atomic E-state index is 9.12. The molecular formula is C16H18N2O. The Hall–Kier alpha value is -2.05. The van der Waals surface area contributed by atoms with Crippen molar-refractivity contribution in [3.8, 4) is 6.07 Å². The maximum Gasteiger partial charge on any atom is 0.0998 e. The summed E-state index contributed by atoms with van der Waals surface area (Å²) in [7, 11) is 0. The summed E-state index contributed by atoms with van der Waals surface area (Å²) in [5.41, 5.74) is 1.74. The molecule has 0 aliphatic heterocycles. The third-order valence-electron chi connectivity index (χ3n) is 3.31. The van der Waals surface area contributed by atoms with E-state index in [9.17, 15) is 0 Å². The third-order valence-corrected chi connectivity index (χ3v) is 3.31. The summed E-state index contributed by atoms with van der Waals surface area (Å²) in [5, 5.41) is 23.5. The van der Waals surface area contributed by atoms with Gasteiger partial charge in [0.1, 0.15) is 0 Å². The van der Waals surface area contributed by atoms with Crippen molar-refractivity contribution in [3.05, 3.63) is 42.0 Å². The molecule has 0 saturated carbocycles. The largest absolute Gasteiger partial charge is 0.396 e. The zero-order chi connectivity index (χ0) is 13.7. The van der Waals surface area contributed by atoms with Crippen molar-refractivity contribution in [1.29, 1.82) is 5.26 Å². The van der Waals surface area contributed by atoms with Crippen LogP contribution in [0.5, 0.6) is 0 Å². The molecule has 0 aromatic heterocycles. The van der Waals surface area contributed by atoms with Gasteiger partial charge in [-0.15, -0.1) is 0 Å². The summed E-state index contributed by atoms with van der Waals surface area (Å²) < 4.78 is 0. The lowest BCUT2D eigenvalue weighted by Gasteiger charge is -2.14. The highest BCUT2D eigenvalue weighted by Crippen LogP contribution is 2.26. The smallest absolute Gasteiger partial charge is 0.0998 e. The minimum absolute atomic E-state index is 0.219. The summed E-state index contributed by atoms with van der Waals surface area (Å²) in [6.45, 7) is 3.14. The minimum atomic E-state index is 0.219. The Morgan fingerprint density at radius 3 is 2.63 bits per heavy atom. The molecule has 0 bridgehead atoms. The Labute approximate surface area is 113 Å². The van der Waals surface area contributed by atoms with E-state index in [0.717, 1.165) is 29.4 Å². The second kappa shape index (κ2) is 6.21. The van der Waals surface area contributed by atoms with Crippen molar-refractivity contribution >= 4 is 16.5 Å². The number of aliphatic hydroxyl groups is 1. The van der Waals surface area contributed by atoms with Gasteiger partial charge < -0.3 is 10.4 Å². The van der Waals surface area contributed by atoms with Crippen molar-refractivity contribution in [3.63, 3.8) is 0 Å². The number of fused-ring (bicyclic) bond motifs is 1. The molecule has 1 atom stereocenters. The van der Waals surface area contributed by atoms with E-state index in [1.54, 1.807) is 0 Å². The van der Waals surface area contributed by atoms with Gasteiger partial charge in [-0.3, -0.25) is 0 Å². The first-order valence-corrected chi connectivity index (χ1v) is 6.53. The maximum absolute atomic E-state index is 9.12. The molecule has 2 aromatic carbocycles. The van der Waals surface area contributed by atoms with Crippen LogP contribution < -0.4 is 5.32 Å². The van der Waals surface area contributed by atoms with Crippen LogP contribution in [0.25, 0.3) is 10.8 Å². The summed E-state index contributed by atoms with van der Waals surface area (Å²) in [6.07, 6.45) is 0.793. The lowest BCUT2D eigenvalue weighted by molar-refractivity contribution is 0.266. The summed E-state index contributed by atoms with van der Waals surface area (Å²) >= 11 is 0. The first kappa shape index (κ1) is 13.4. The normalized spacial score (nSPS) is 12.1. The highest BCUT2D eigenvalue weighted by molar-refractivity contribution is 5.97. The van der Waals surface area contributed by atoms with E-state index < -0.39 is 0 Å². The van der Waals surface area contributed by atoms with Crippen LogP contribution >= 0.6 is 0 Å². The third kappa shape index (κ3) is 3.04. The molecule has 2 N–H and O–H groups in total. The van der Waals surface area contributed by atoms with Gasteiger partial charge in [-0.2, -0.15) is 5.26 Å². The lowest BCUT2D eigenvalue weighted by Crippen LogP contribution is -2.12. The number of nitriles is 1. The molecular weight excluding hydrogens is 236 g/mol. The number of rotatable bonds is 5. The van der Waals surface area contributed by atoms with Crippen molar-refractivity contribution in [2.45, 2.75) is 13.3 Å². The van der Waals surface area contributed by atoms with Crippen LogP contribution in [0.4, 0.5) is 5.69 Å². The van der Waals surface area contributed by atoms with Crippen LogP contribution in [0.15, 0.2) is 36.4 Å². The molecule has 0 saturated heterocycles. The molecule has 3 nitrogen and oxygen atoms in total. The summed E-state index contributed by atoms with van der Waals surface area (Å²) in [5.74, 6) is 0.416. The van der Waals surface area contributed by atoms with Crippen LogP contribution in [-0.2, 0) is 0 Å². The van der Waals surface area contributed by atoms with Crippen LogP contribution in [0.2, 0.25) is 0 Å². The van der Waals surface area contributed by atoms with Gasteiger partial charge in [0.2, 0.25) is 0 Å². The van der Waals surface area contributed by atoms with Gasteiger partial charge in [0.15, 0.2) is 0 Å². The van der Waals surface area contributed by atoms with Crippen LogP contribution in [0, 0.1) is 17.2 Å². The van der Waals surface area contributed by atoms with Crippen LogP contribution in [0.3, 0.4) is 0 Å². The van der Waals surface area contributed by atoms with E-state index in [-0.39, 0.29) is 6.61 Å². The quantitative estimate of drug-likeness (QED) is 0.861. The topological polar surface area (TPSA) is 56.0 Å². The molecule has 98 valence electrons. The Kier molecular flexibility index (Phi) is 4.38. The van der Waals surface area contributed by atoms with E-state index >= 15 is 0 Å². The zero-order valence-corrected chi connectivity index (χ0v) is 11.1. The minimum Gasteiger partial charge on any atom is -0.396 e. The van der Waals surface area contributed by atoms with Crippen molar-refractivity contribution < 1.29 is 5.11 Å². The molecule has 0 heterocycles. The summed E-state index contributed by atoms with van der Waals surface area (Å²) in [4.78, 5) is 0. The zero-order valence-electron chi connectivity index (χ0n) is 11.1. The number of nitrogens with zero attached hydrogens (tertiary/aromatic N) is 1. The predicted molar refractivity (Wildman–Crippen MR) is 78.0 cm³/mol. The molecule has 19 heavy (non-hydrogen) atoms. The molecule has 0 radical (unpaired) electrons. The SMILES string of the molecule is CC(CCO)CNc1ccc(C#N)c2ccccc12. The van der Waals surface area contributed by atoms with Gasteiger partial charge in [0.05, 0.1) is 11.6 Å². The Morgan fingerprint density at radius 1 is 1.21 bits per heavy atom. The van der Waals surface area contributed by atoms with E-state index in [1.165, 1.54) is 0 Å². The standard InChI is InChI=1S/C16H18N2O/c1-12(8-9-19)11-18-16-7-6-13(10-17)14-4-2-3-5-15(14)16/h2-7,12,18-19H,8-9,11H2,1H3. The van der Waals surface area contributed by atoms with Gasteiger partial charge in [0.25, 0.3) is 0 Å². The number of hydrogen-bond acceptors (Lipinski definition) is 3. The first-order valence-electron chi connectivity index (χ1n) is 6.53. The number of benzene rings is 2. The fourth-order valence-corrected chi connectivity index (χ4v) is 2.16. The van der Waals surface area contributed by atoms with Gasteiger partial charge in [0, 0.05) is 29.6 Å². The van der Waals surface area contributed by atoms with Crippen molar-refractivity contribution in [2.24, 2.45) is 5.92 Å². The van der Waals surface area contributed by atoms with E-state index in [2.05, 4.69) is 18.3 Å². The van der Waals surface area contributed by atoms with Crippen molar-refractivity contribution in [1.82, 2.24) is 0 Å². The fourth-order valence-electron chi connectivity index (χ4n) is 2.16. The highest BCUT2D eigenvalue weighted by Gasteiger charge is 2.06. The molecule has 0 spiro atoms. The molecule has 0 amide bonds. The average molecular weight is 254 g/mol. The molecule has 3 heteroatoms. The molecule has 2 rings (SSSR count). The van der Waals surface area contributed by atoms with Gasteiger partial charge in [-0.05, 0) is 24.5 Å². The van der Waals surface area contributed by atoms with Crippen LogP contribution in [0.1, 0.15) is 18.9 Å². The van der Waals surface area contributed by atoms with Gasteiger partial charge in [-0.1, -0.05) is 31.2 Å².